The summed E-state index contributed by atoms with van der Waals surface area (Å²) in [6, 6.07) is 0. The number of ether oxygens (including phenoxy) is 8. The van der Waals surface area contributed by atoms with Crippen LogP contribution < -0.4 is 0 Å². The Balaban J connectivity index is 4.74. The lowest BCUT2D eigenvalue weighted by Crippen LogP contribution is -2.33. The van der Waals surface area contributed by atoms with Crippen LogP contribution in [0.25, 0.3) is 0 Å². The van der Waals surface area contributed by atoms with Crippen LogP contribution in [0.1, 0.15) is 67.2 Å². The van der Waals surface area contributed by atoms with Gasteiger partial charge in [0.25, 0.3) is 0 Å². The van der Waals surface area contributed by atoms with E-state index < -0.39 is 11.2 Å². The average molecular weight is 607 g/mol. The Labute approximate surface area is 256 Å². The molecule has 10 nitrogen and oxygen atoms in total. The predicted molar refractivity (Wildman–Crippen MR) is 164 cm³/mol. The zero-order chi connectivity index (χ0) is 31.4. The van der Waals surface area contributed by atoms with Gasteiger partial charge in [-0.1, -0.05) is 39.5 Å². The van der Waals surface area contributed by atoms with Crippen LogP contribution in [-0.4, -0.2) is 127 Å². The molecule has 0 rings (SSSR count). The van der Waals surface area contributed by atoms with E-state index in [4.69, 9.17) is 48.1 Å². The minimum absolute atomic E-state index is 0.0184. The van der Waals surface area contributed by atoms with Crippen molar-refractivity contribution < 1.29 is 48.1 Å². The van der Waals surface area contributed by atoms with Gasteiger partial charge >= 0.3 is 0 Å². The third-order valence-electron chi connectivity index (χ3n) is 6.24. The number of hydrogen-bond donors (Lipinski definition) is 2. The Morgan fingerprint density at radius 3 is 0.976 bits per heavy atom. The second kappa shape index (κ2) is 27.7. The molecule has 0 aliphatic carbocycles. The number of aliphatic hydroxyl groups excluding tert-OH is 2. The summed E-state index contributed by atoms with van der Waals surface area (Å²) in [4.78, 5) is 0. The van der Waals surface area contributed by atoms with Crippen molar-refractivity contribution in [2.24, 2.45) is 11.8 Å². The van der Waals surface area contributed by atoms with Crippen molar-refractivity contribution in [1.29, 1.82) is 0 Å². The van der Waals surface area contributed by atoms with Gasteiger partial charge in [-0.3, -0.25) is 0 Å². The van der Waals surface area contributed by atoms with E-state index >= 15 is 0 Å². The molecule has 2 unspecified atom stereocenters. The molecule has 0 radical (unpaired) electrons. The van der Waals surface area contributed by atoms with Crippen LogP contribution in [0, 0.1) is 23.7 Å². The maximum absolute atomic E-state index is 8.69. The highest BCUT2D eigenvalue weighted by Crippen LogP contribution is 2.24. The summed E-state index contributed by atoms with van der Waals surface area (Å²) in [5.41, 5.74) is -1.21. The first-order valence-electron chi connectivity index (χ1n) is 15.7. The van der Waals surface area contributed by atoms with Gasteiger partial charge in [0.1, 0.15) is 11.2 Å². The normalized spacial score (nSPS) is 14.6. The molecule has 0 heterocycles. The fourth-order valence-corrected chi connectivity index (χ4v) is 3.60. The SMILES string of the molecule is CC(C)CCC(C)(C#CC(C)(CCC(C)C)OCCOCCOCCOCCO)OCCOCCOCCOCCO. The molecule has 0 fully saturated rings. The van der Waals surface area contributed by atoms with E-state index in [1.54, 1.807) is 0 Å². The zero-order valence-corrected chi connectivity index (χ0v) is 27.5. The second-order valence-electron chi connectivity index (χ2n) is 11.4. The van der Waals surface area contributed by atoms with E-state index in [0.717, 1.165) is 25.7 Å². The molecule has 0 saturated carbocycles. The fourth-order valence-electron chi connectivity index (χ4n) is 3.60. The first kappa shape index (κ1) is 41.2. The number of rotatable bonds is 30. The molecule has 42 heavy (non-hydrogen) atoms. The fraction of sp³-hybridized carbons (Fsp3) is 0.938. The molecule has 0 saturated heterocycles. The molecule has 2 atom stereocenters. The minimum atomic E-state index is -0.606. The number of aliphatic hydroxyl groups is 2. The summed E-state index contributed by atoms with van der Waals surface area (Å²) >= 11 is 0. The van der Waals surface area contributed by atoms with E-state index in [2.05, 4.69) is 53.4 Å². The maximum Gasteiger partial charge on any atom is 0.126 e. The van der Waals surface area contributed by atoms with Gasteiger partial charge in [0, 0.05) is 0 Å². The van der Waals surface area contributed by atoms with Crippen LogP contribution in [0.2, 0.25) is 0 Å². The zero-order valence-electron chi connectivity index (χ0n) is 27.5. The minimum Gasteiger partial charge on any atom is -0.394 e. The van der Waals surface area contributed by atoms with E-state index in [0.29, 0.717) is 104 Å². The Morgan fingerprint density at radius 1 is 0.452 bits per heavy atom. The first-order chi connectivity index (χ1) is 20.2. The predicted octanol–water partition coefficient (Wildman–Crippen LogP) is 3.50. The molecule has 0 aliphatic rings. The molecule has 0 aromatic carbocycles. The molecule has 0 aliphatic heterocycles. The Bertz CT molecular complexity index is 599. The monoisotopic (exact) mass is 606 g/mol. The Hall–Kier alpha value is -0.840. The van der Waals surface area contributed by atoms with Crippen LogP contribution in [0.15, 0.2) is 0 Å². The summed E-state index contributed by atoms with van der Waals surface area (Å²) in [6.45, 7) is 19.2. The molecule has 0 spiro atoms. The van der Waals surface area contributed by atoms with E-state index in [1.807, 2.05) is 0 Å². The molecule has 2 N–H and O–H groups in total. The van der Waals surface area contributed by atoms with Gasteiger partial charge in [-0.05, 0) is 51.4 Å². The highest BCUT2D eigenvalue weighted by molar-refractivity contribution is 5.20. The van der Waals surface area contributed by atoms with Crippen molar-refractivity contribution in [3.8, 4) is 11.8 Å². The van der Waals surface area contributed by atoms with Crippen LogP contribution >= 0.6 is 0 Å². The average Bonchev–Trinajstić information content (AvgIpc) is 2.96. The molecule has 10 heteroatoms. The summed E-state index contributed by atoms with van der Waals surface area (Å²) < 4.78 is 45.1. The van der Waals surface area contributed by atoms with Crippen molar-refractivity contribution in [2.75, 3.05) is 106 Å². The Kier molecular flexibility index (Phi) is 27.1. The molecule has 0 aromatic rings. The van der Waals surface area contributed by atoms with Gasteiger partial charge in [-0.15, -0.1) is 0 Å². The van der Waals surface area contributed by atoms with Gasteiger partial charge in [0.15, 0.2) is 0 Å². The largest absolute Gasteiger partial charge is 0.394 e. The van der Waals surface area contributed by atoms with Crippen LogP contribution in [0.4, 0.5) is 0 Å². The van der Waals surface area contributed by atoms with Crippen LogP contribution in [-0.2, 0) is 37.9 Å². The van der Waals surface area contributed by atoms with Crippen molar-refractivity contribution in [2.45, 2.75) is 78.4 Å². The smallest absolute Gasteiger partial charge is 0.126 e. The van der Waals surface area contributed by atoms with Gasteiger partial charge in [-0.2, -0.15) is 0 Å². The lowest BCUT2D eigenvalue weighted by Gasteiger charge is -2.29. The summed E-state index contributed by atoms with van der Waals surface area (Å²) in [5.74, 6) is 7.97. The summed E-state index contributed by atoms with van der Waals surface area (Å²) in [7, 11) is 0. The third-order valence-corrected chi connectivity index (χ3v) is 6.24. The molecule has 0 aromatic heterocycles. The van der Waals surface area contributed by atoms with Gasteiger partial charge in [-0.25, -0.2) is 0 Å². The molecular weight excluding hydrogens is 544 g/mol. The number of hydrogen-bond acceptors (Lipinski definition) is 10. The quantitative estimate of drug-likeness (QED) is 0.0930. The van der Waals surface area contributed by atoms with Crippen molar-refractivity contribution in [1.82, 2.24) is 0 Å². The third kappa shape index (κ3) is 26.8. The second-order valence-corrected chi connectivity index (χ2v) is 11.4. The van der Waals surface area contributed by atoms with Gasteiger partial charge in [0.2, 0.25) is 0 Å². The van der Waals surface area contributed by atoms with Gasteiger partial charge in [0.05, 0.1) is 106 Å². The lowest BCUT2D eigenvalue weighted by molar-refractivity contribution is -0.0460. The summed E-state index contributed by atoms with van der Waals surface area (Å²) in [6.07, 6.45) is 3.66. The van der Waals surface area contributed by atoms with E-state index in [1.165, 1.54) is 0 Å². The van der Waals surface area contributed by atoms with Gasteiger partial charge < -0.3 is 48.1 Å². The van der Waals surface area contributed by atoms with Crippen molar-refractivity contribution in [3.05, 3.63) is 0 Å². The molecule has 250 valence electrons. The Morgan fingerprint density at radius 2 is 0.714 bits per heavy atom. The molecule has 0 amide bonds. The standard InChI is InChI=1S/C32H62O10/c1-29(2)7-9-31(5,41-27-25-39-23-21-37-19-17-35-15-13-33)11-12-32(6,10-8-30(3)4)42-28-26-40-24-22-38-20-18-36-16-14-34/h29-30,33-34H,7-10,13-28H2,1-6H3. The molecular formula is C32H62O10. The van der Waals surface area contributed by atoms with E-state index in [9.17, 15) is 0 Å². The maximum atomic E-state index is 8.69. The summed E-state index contributed by atoms with van der Waals surface area (Å²) in [5, 5.41) is 17.4. The highest BCUT2D eigenvalue weighted by atomic mass is 16.6. The first-order valence-corrected chi connectivity index (χ1v) is 15.7. The van der Waals surface area contributed by atoms with Crippen LogP contribution in [0.3, 0.4) is 0 Å². The van der Waals surface area contributed by atoms with E-state index in [-0.39, 0.29) is 13.2 Å². The van der Waals surface area contributed by atoms with Crippen molar-refractivity contribution in [3.63, 3.8) is 0 Å². The highest BCUT2D eigenvalue weighted by Gasteiger charge is 2.27. The molecule has 0 bridgehead atoms. The van der Waals surface area contributed by atoms with Crippen LogP contribution in [0.5, 0.6) is 0 Å². The lowest BCUT2D eigenvalue weighted by atomic mass is 9.91. The topological polar surface area (TPSA) is 114 Å². The van der Waals surface area contributed by atoms with Crippen molar-refractivity contribution >= 4 is 0 Å².